The molecule has 0 aromatic heterocycles. The molecule has 2 heterocycles. The summed E-state index contributed by atoms with van der Waals surface area (Å²) in [5.41, 5.74) is 0.502. The smallest absolute Gasteiger partial charge is 0.253 e. The molecule has 0 radical (unpaired) electrons. The van der Waals surface area contributed by atoms with Gasteiger partial charge >= 0.3 is 0 Å². The fraction of sp³-hybridized carbons (Fsp3) is 0.636. The number of benzene rings is 1. The third-order valence-corrected chi connectivity index (χ3v) is 8.64. The minimum absolute atomic E-state index is 0.0863. The number of hydrogen-bond acceptors (Lipinski definition) is 4. The lowest BCUT2D eigenvalue weighted by Gasteiger charge is -2.46. The maximum Gasteiger partial charge on any atom is 0.253 e. The van der Waals surface area contributed by atoms with Gasteiger partial charge in [-0.2, -0.15) is 4.31 Å². The third kappa shape index (κ3) is 3.87. The van der Waals surface area contributed by atoms with Gasteiger partial charge in [0, 0.05) is 50.2 Å². The Balaban J connectivity index is 1.48. The van der Waals surface area contributed by atoms with Crippen LogP contribution < -0.4 is 0 Å². The van der Waals surface area contributed by atoms with Crippen molar-refractivity contribution in [3.8, 4) is 0 Å². The third-order valence-electron chi connectivity index (χ3n) is 6.76. The quantitative estimate of drug-likeness (QED) is 0.690. The highest BCUT2D eigenvalue weighted by Gasteiger charge is 2.46. The van der Waals surface area contributed by atoms with Gasteiger partial charge in [-0.25, -0.2) is 8.42 Å². The predicted molar refractivity (Wildman–Crippen MR) is 113 cm³/mol. The molecule has 0 unspecified atom stereocenters. The first-order valence-electron chi connectivity index (χ1n) is 11.1. The van der Waals surface area contributed by atoms with Crippen LogP contribution in [0.15, 0.2) is 29.2 Å². The Kier molecular flexibility index (Phi) is 5.90. The van der Waals surface area contributed by atoms with Gasteiger partial charge in [-0.05, 0) is 69.7 Å². The van der Waals surface area contributed by atoms with E-state index in [0.29, 0.717) is 50.6 Å². The summed E-state index contributed by atoms with van der Waals surface area (Å²) in [6, 6.07) is 6.85. The van der Waals surface area contributed by atoms with Crippen LogP contribution in [0.2, 0.25) is 0 Å². The summed E-state index contributed by atoms with van der Waals surface area (Å²) >= 11 is 0. The van der Waals surface area contributed by atoms with Crippen LogP contribution in [0.4, 0.5) is 0 Å². The molecule has 8 heteroatoms. The van der Waals surface area contributed by atoms with E-state index in [1.165, 1.54) is 0 Å². The molecule has 0 bridgehead atoms. The summed E-state index contributed by atoms with van der Waals surface area (Å²) in [5.74, 6) is 0.357. The van der Waals surface area contributed by atoms with Crippen LogP contribution >= 0.6 is 0 Å². The number of fused-ring (bicyclic) bond motifs is 1. The van der Waals surface area contributed by atoms with Crippen LogP contribution in [-0.4, -0.2) is 72.6 Å². The lowest BCUT2D eigenvalue weighted by atomic mass is 9.84. The normalized spacial score (nSPS) is 25.1. The molecule has 1 aromatic carbocycles. The fourth-order valence-corrected chi connectivity index (χ4v) is 6.43. The minimum atomic E-state index is -3.62. The van der Waals surface area contributed by atoms with E-state index in [2.05, 4.69) is 4.90 Å². The largest absolute Gasteiger partial charge is 0.339 e. The summed E-state index contributed by atoms with van der Waals surface area (Å²) in [7, 11) is -3.62. The van der Waals surface area contributed by atoms with E-state index in [1.54, 1.807) is 33.5 Å². The number of amides is 2. The van der Waals surface area contributed by atoms with Gasteiger partial charge in [0.15, 0.2) is 0 Å². The van der Waals surface area contributed by atoms with Crippen molar-refractivity contribution < 1.29 is 18.0 Å². The first kappa shape index (κ1) is 21.3. The van der Waals surface area contributed by atoms with Crippen molar-refractivity contribution in [3.05, 3.63) is 29.8 Å². The molecule has 0 spiro atoms. The molecule has 7 nitrogen and oxygen atoms in total. The van der Waals surface area contributed by atoms with Crippen molar-refractivity contribution in [3.63, 3.8) is 0 Å². The number of hydrogen-bond donors (Lipinski definition) is 0. The van der Waals surface area contributed by atoms with Crippen molar-refractivity contribution >= 4 is 21.8 Å². The average molecular weight is 434 g/mol. The van der Waals surface area contributed by atoms with Crippen molar-refractivity contribution in [2.45, 2.75) is 62.9 Å². The molecule has 2 aliphatic heterocycles. The minimum Gasteiger partial charge on any atom is -0.339 e. The van der Waals surface area contributed by atoms with Crippen LogP contribution in [0.5, 0.6) is 0 Å². The first-order chi connectivity index (χ1) is 14.4. The van der Waals surface area contributed by atoms with E-state index in [4.69, 9.17) is 0 Å². The van der Waals surface area contributed by atoms with Gasteiger partial charge < -0.3 is 9.80 Å². The highest BCUT2D eigenvalue weighted by Crippen LogP contribution is 2.39. The molecule has 2 amide bonds. The van der Waals surface area contributed by atoms with Crippen molar-refractivity contribution in [2.24, 2.45) is 5.92 Å². The van der Waals surface area contributed by atoms with Crippen molar-refractivity contribution in [1.82, 2.24) is 14.1 Å². The second kappa shape index (κ2) is 8.30. The zero-order valence-electron chi connectivity index (χ0n) is 17.8. The van der Waals surface area contributed by atoms with E-state index in [9.17, 15) is 18.0 Å². The van der Waals surface area contributed by atoms with Gasteiger partial charge in [0.05, 0.1) is 4.90 Å². The lowest BCUT2D eigenvalue weighted by molar-refractivity contribution is -0.141. The highest BCUT2D eigenvalue weighted by atomic mass is 32.2. The molecule has 3 fully saturated rings. The molecule has 2 atom stereocenters. The van der Waals surface area contributed by atoms with Crippen LogP contribution in [-0.2, 0) is 14.8 Å². The fourth-order valence-electron chi connectivity index (χ4n) is 4.92. The van der Waals surface area contributed by atoms with Crippen molar-refractivity contribution in [1.29, 1.82) is 0 Å². The van der Waals surface area contributed by atoms with E-state index in [1.807, 2.05) is 13.8 Å². The summed E-state index contributed by atoms with van der Waals surface area (Å²) in [5, 5.41) is 0. The monoisotopic (exact) mass is 433 g/mol. The Morgan fingerprint density at radius 1 is 1.07 bits per heavy atom. The van der Waals surface area contributed by atoms with Gasteiger partial charge in [-0.15, -0.1) is 0 Å². The van der Waals surface area contributed by atoms with Gasteiger partial charge in [0.2, 0.25) is 15.9 Å². The molecular formula is C22H31N3O4S. The molecule has 2 saturated heterocycles. The maximum absolute atomic E-state index is 13.2. The van der Waals surface area contributed by atoms with E-state index in [-0.39, 0.29) is 28.7 Å². The lowest BCUT2D eigenvalue weighted by Crippen LogP contribution is -2.57. The van der Waals surface area contributed by atoms with Gasteiger partial charge in [0.25, 0.3) is 5.91 Å². The molecule has 1 saturated carbocycles. The predicted octanol–water partition coefficient (Wildman–Crippen LogP) is 2.33. The molecule has 3 aliphatic rings. The number of sulfonamides is 1. The van der Waals surface area contributed by atoms with Crippen LogP contribution in [0.1, 0.15) is 56.3 Å². The second-order valence-corrected chi connectivity index (χ2v) is 10.5. The Morgan fingerprint density at radius 3 is 2.33 bits per heavy atom. The van der Waals surface area contributed by atoms with E-state index < -0.39 is 10.0 Å². The Morgan fingerprint density at radius 2 is 1.73 bits per heavy atom. The highest BCUT2D eigenvalue weighted by molar-refractivity contribution is 7.89. The number of carbonyl (C=O) groups excluding carboxylic acids is 2. The molecule has 4 rings (SSSR count). The number of rotatable bonds is 6. The number of piperidine rings is 2. The van der Waals surface area contributed by atoms with E-state index >= 15 is 0 Å². The van der Waals surface area contributed by atoms with Crippen LogP contribution in [0.3, 0.4) is 0 Å². The second-order valence-electron chi connectivity index (χ2n) is 8.55. The number of carbonyl (C=O) groups is 2. The number of likely N-dealkylation sites (tertiary alicyclic amines) is 1. The van der Waals surface area contributed by atoms with Crippen LogP contribution in [0, 0.1) is 5.92 Å². The SMILES string of the molecule is CCN(CC)C(=O)c1ccc(S(=O)(=O)N2CC[C@H]3[C@H](CCC(=O)N3C3CC3)C2)cc1. The Labute approximate surface area is 179 Å². The van der Waals surface area contributed by atoms with Gasteiger partial charge in [-0.1, -0.05) is 0 Å². The standard InChI is InChI=1S/C22H31N3O4S/c1-3-23(4-2)22(27)16-5-10-19(11-6-16)30(28,29)24-14-13-20-17(15-24)7-12-21(26)25(20)18-8-9-18/h5-6,10-11,17-18,20H,3-4,7-9,12-15H2,1-2H3/t17-,20+/m1/s1. The first-order valence-corrected chi connectivity index (χ1v) is 12.5. The van der Waals surface area contributed by atoms with Gasteiger partial charge in [-0.3, -0.25) is 9.59 Å². The summed E-state index contributed by atoms with van der Waals surface area (Å²) in [6.45, 7) is 5.97. The molecular weight excluding hydrogens is 402 g/mol. The summed E-state index contributed by atoms with van der Waals surface area (Å²) in [4.78, 5) is 28.8. The molecule has 164 valence electrons. The molecule has 0 N–H and O–H groups in total. The Hall–Kier alpha value is -1.93. The van der Waals surface area contributed by atoms with Crippen LogP contribution in [0.25, 0.3) is 0 Å². The maximum atomic E-state index is 13.2. The molecule has 30 heavy (non-hydrogen) atoms. The number of nitrogens with zero attached hydrogens (tertiary/aromatic N) is 3. The van der Waals surface area contributed by atoms with E-state index in [0.717, 1.165) is 19.3 Å². The summed E-state index contributed by atoms with van der Waals surface area (Å²) < 4.78 is 28.0. The molecule has 1 aliphatic carbocycles. The zero-order valence-corrected chi connectivity index (χ0v) is 18.6. The molecule has 1 aromatic rings. The zero-order chi connectivity index (χ0) is 21.5. The van der Waals surface area contributed by atoms with Crippen molar-refractivity contribution in [2.75, 3.05) is 26.2 Å². The average Bonchev–Trinajstić information content (AvgIpc) is 3.59. The summed E-state index contributed by atoms with van der Waals surface area (Å²) in [6.07, 6.45) is 4.14. The topological polar surface area (TPSA) is 78.0 Å². The van der Waals surface area contributed by atoms with Gasteiger partial charge in [0.1, 0.15) is 0 Å². The Bertz CT molecular complexity index is 907.